The Morgan fingerprint density at radius 3 is 2.63 bits per heavy atom. The first-order valence-electron chi connectivity index (χ1n) is 8.40. The first kappa shape index (κ1) is 17.1. The van der Waals surface area contributed by atoms with Gasteiger partial charge < -0.3 is 9.88 Å². The van der Waals surface area contributed by atoms with Crippen LogP contribution in [0.15, 0.2) is 36.8 Å². The van der Waals surface area contributed by atoms with Crippen molar-refractivity contribution in [3.8, 4) is 0 Å². The van der Waals surface area contributed by atoms with Gasteiger partial charge in [-0.05, 0) is 31.0 Å². The van der Waals surface area contributed by atoms with Crippen molar-refractivity contribution >= 4 is 22.8 Å². The second kappa shape index (κ2) is 6.76. The summed E-state index contributed by atoms with van der Waals surface area (Å²) in [5, 5.41) is 12.3. The largest absolute Gasteiger partial charge is 0.349 e. The molecule has 0 unspecified atom stereocenters. The number of pyridine rings is 2. The minimum atomic E-state index is -0.835. The fourth-order valence-corrected chi connectivity index (χ4v) is 2.76. The van der Waals surface area contributed by atoms with Gasteiger partial charge in [0.15, 0.2) is 0 Å². The third kappa shape index (κ3) is 3.49. The second-order valence-electron chi connectivity index (χ2n) is 6.42. The van der Waals surface area contributed by atoms with Gasteiger partial charge in [-0.3, -0.25) is 19.8 Å². The highest BCUT2D eigenvalue weighted by Crippen LogP contribution is 2.21. The van der Waals surface area contributed by atoms with Gasteiger partial charge in [-0.1, -0.05) is 0 Å². The number of aromatic nitrogens is 3. The molecule has 9 heteroatoms. The van der Waals surface area contributed by atoms with Crippen LogP contribution in [0.3, 0.4) is 0 Å². The van der Waals surface area contributed by atoms with Crippen LogP contribution in [0, 0.1) is 5.82 Å². The minimum absolute atomic E-state index is 0.0828. The van der Waals surface area contributed by atoms with Crippen LogP contribution >= 0.6 is 0 Å². The number of fused-ring (bicyclic) bond motifs is 1. The Bertz CT molecular complexity index is 1040. The molecule has 138 valence electrons. The van der Waals surface area contributed by atoms with Crippen LogP contribution in [-0.4, -0.2) is 37.6 Å². The normalized spacial score (nSPS) is 13.6. The summed E-state index contributed by atoms with van der Waals surface area (Å²) in [5.74, 6) is -1.65. The van der Waals surface area contributed by atoms with Crippen molar-refractivity contribution in [3.05, 3.63) is 59.4 Å². The maximum atomic E-state index is 14.2. The van der Waals surface area contributed by atoms with Crippen LogP contribution in [0.1, 0.15) is 39.3 Å². The number of hydroxylamine groups is 1. The van der Waals surface area contributed by atoms with Gasteiger partial charge in [-0.15, -0.1) is 0 Å². The van der Waals surface area contributed by atoms with Gasteiger partial charge >= 0.3 is 0 Å². The fourth-order valence-electron chi connectivity index (χ4n) is 2.76. The van der Waals surface area contributed by atoms with Gasteiger partial charge in [0.05, 0.1) is 23.4 Å². The number of hydrogen-bond donors (Lipinski definition) is 3. The molecule has 27 heavy (non-hydrogen) atoms. The minimum Gasteiger partial charge on any atom is -0.349 e. The summed E-state index contributed by atoms with van der Waals surface area (Å²) < 4.78 is 15.9. The van der Waals surface area contributed by atoms with E-state index in [1.54, 1.807) is 22.9 Å². The average molecular weight is 369 g/mol. The highest BCUT2D eigenvalue weighted by atomic mass is 19.1. The third-order valence-corrected chi connectivity index (χ3v) is 4.38. The summed E-state index contributed by atoms with van der Waals surface area (Å²) in [5.41, 5.74) is 2.55. The molecule has 4 rings (SSSR count). The van der Waals surface area contributed by atoms with E-state index in [4.69, 9.17) is 5.21 Å². The summed E-state index contributed by atoms with van der Waals surface area (Å²) in [6.45, 7) is 0.108. The molecule has 0 saturated heterocycles. The summed E-state index contributed by atoms with van der Waals surface area (Å²) in [7, 11) is 0. The lowest BCUT2D eigenvalue weighted by molar-refractivity contribution is 0.0705. The van der Waals surface area contributed by atoms with Crippen molar-refractivity contribution < 1.29 is 19.2 Å². The molecule has 3 heterocycles. The number of halogens is 1. The van der Waals surface area contributed by atoms with E-state index in [9.17, 15) is 14.0 Å². The smallest absolute Gasteiger partial charge is 0.276 e. The van der Waals surface area contributed by atoms with Gasteiger partial charge in [0.2, 0.25) is 0 Å². The molecular formula is C18H16FN5O3. The van der Waals surface area contributed by atoms with Crippen LogP contribution in [0.5, 0.6) is 0 Å². The molecule has 0 aromatic carbocycles. The molecule has 1 aliphatic carbocycles. The average Bonchev–Trinajstić information content (AvgIpc) is 3.40. The van der Waals surface area contributed by atoms with E-state index in [1.807, 2.05) is 0 Å². The Labute approximate surface area is 153 Å². The molecule has 0 aliphatic heterocycles. The van der Waals surface area contributed by atoms with Gasteiger partial charge in [-0.25, -0.2) is 14.9 Å². The lowest BCUT2D eigenvalue weighted by Crippen LogP contribution is -2.25. The quantitative estimate of drug-likeness (QED) is 0.468. The zero-order valence-electron chi connectivity index (χ0n) is 14.1. The van der Waals surface area contributed by atoms with Crippen molar-refractivity contribution in [2.75, 3.05) is 0 Å². The maximum Gasteiger partial charge on any atom is 0.276 e. The van der Waals surface area contributed by atoms with E-state index >= 15 is 0 Å². The second-order valence-corrected chi connectivity index (χ2v) is 6.42. The Hall–Kier alpha value is -3.33. The van der Waals surface area contributed by atoms with E-state index < -0.39 is 11.7 Å². The zero-order valence-corrected chi connectivity index (χ0v) is 14.1. The van der Waals surface area contributed by atoms with E-state index in [1.165, 1.54) is 17.9 Å². The van der Waals surface area contributed by atoms with Crippen molar-refractivity contribution in [2.45, 2.75) is 25.4 Å². The van der Waals surface area contributed by atoms with E-state index in [-0.39, 0.29) is 29.8 Å². The van der Waals surface area contributed by atoms with Crippen LogP contribution < -0.4 is 10.8 Å². The molecule has 1 saturated carbocycles. The lowest BCUT2D eigenvalue weighted by atomic mass is 10.2. The molecule has 1 fully saturated rings. The van der Waals surface area contributed by atoms with Gasteiger partial charge in [0.25, 0.3) is 11.8 Å². The number of hydrogen-bond acceptors (Lipinski definition) is 5. The molecule has 3 aromatic rings. The summed E-state index contributed by atoms with van der Waals surface area (Å²) in [6.07, 6.45) is 6.43. The Morgan fingerprint density at radius 1 is 1.19 bits per heavy atom. The predicted molar refractivity (Wildman–Crippen MR) is 92.8 cm³/mol. The Balaban J connectivity index is 1.57. The predicted octanol–water partition coefficient (Wildman–Crippen LogP) is 1.63. The molecule has 3 N–H and O–H groups in total. The molecule has 2 amide bonds. The number of carbonyl (C=O) groups excluding carboxylic acids is 2. The van der Waals surface area contributed by atoms with E-state index in [0.29, 0.717) is 11.2 Å². The standard InChI is InChI=1S/C18H16FN5O3/c19-14-6-12(18(26)23-27)7-20-15(14)9-24-4-3-10-5-11(8-21-16(10)24)17(25)22-13-1-2-13/h3-8,13,27H,1-2,9H2,(H,22,25)(H,23,26). The summed E-state index contributed by atoms with van der Waals surface area (Å²) in [4.78, 5) is 31.7. The first-order valence-corrected chi connectivity index (χ1v) is 8.40. The van der Waals surface area contributed by atoms with E-state index in [2.05, 4.69) is 15.3 Å². The number of rotatable bonds is 5. The molecule has 3 aromatic heterocycles. The molecular weight excluding hydrogens is 353 g/mol. The number of amides is 2. The monoisotopic (exact) mass is 369 g/mol. The molecule has 0 radical (unpaired) electrons. The van der Waals surface area contributed by atoms with Crippen molar-refractivity contribution in [1.82, 2.24) is 25.3 Å². The SMILES string of the molecule is O=C(NO)c1cnc(Cn2ccc3cc(C(=O)NC4CC4)cnc32)c(F)c1. The molecule has 8 nitrogen and oxygen atoms in total. The number of carbonyl (C=O) groups is 2. The van der Waals surface area contributed by atoms with Crippen molar-refractivity contribution in [3.63, 3.8) is 0 Å². The summed E-state index contributed by atoms with van der Waals surface area (Å²) >= 11 is 0. The van der Waals surface area contributed by atoms with Crippen molar-refractivity contribution in [2.24, 2.45) is 0 Å². The highest BCUT2D eigenvalue weighted by molar-refractivity contribution is 5.97. The van der Waals surface area contributed by atoms with Crippen LogP contribution in [0.2, 0.25) is 0 Å². The van der Waals surface area contributed by atoms with Gasteiger partial charge in [0, 0.05) is 30.0 Å². The maximum absolute atomic E-state index is 14.2. The molecule has 0 spiro atoms. The zero-order chi connectivity index (χ0) is 19.0. The molecule has 0 atom stereocenters. The number of nitrogens with one attached hydrogen (secondary N) is 2. The lowest BCUT2D eigenvalue weighted by Gasteiger charge is -2.07. The van der Waals surface area contributed by atoms with Crippen LogP contribution in [0.25, 0.3) is 11.0 Å². The number of nitrogens with zero attached hydrogens (tertiary/aromatic N) is 3. The summed E-state index contributed by atoms with van der Waals surface area (Å²) in [6, 6.07) is 4.81. The van der Waals surface area contributed by atoms with E-state index in [0.717, 1.165) is 24.3 Å². The van der Waals surface area contributed by atoms with Gasteiger partial charge in [-0.2, -0.15) is 0 Å². The molecule has 1 aliphatic rings. The highest BCUT2D eigenvalue weighted by Gasteiger charge is 2.24. The first-order chi connectivity index (χ1) is 13.0. The topological polar surface area (TPSA) is 109 Å². The van der Waals surface area contributed by atoms with Gasteiger partial charge in [0.1, 0.15) is 11.5 Å². The Kier molecular flexibility index (Phi) is 4.28. The molecule has 0 bridgehead atoms. The Morgan fingerprint density at radius 2 is 1.93 bits per heavy atom. The van der Waals surface area contributed by atoms with Crippen molar-refractivity contribution in [1.29, 1.82) is 0 Å². The van der Waals surface area contributed by atoms with Crippen LogP contribution in [-0.2, 0) is 6.54 Å². The van der Waals surface area contributed by atoms with Crippen LogP contribution in [0.4, 0.5) is 4.39 Å². The third-order valence-electron chi connectivity index (χ3n) is 4.38. The fraction of sp³-hybridized carbons (Fsp3) is 0.222.